The fourth-order valence-electron chi connectivity index (χ4n) is 2.65. The zero-order valence-electron chi connectivity index (χ0n) is 14.1. The summed E-state index contributed by atoms with van der Waals surface area (Å²) in [5, 5.41) is 0. The van der Waals surface area contributed by atoms with Gasteiger partial charge in [0.1, 0.15) is 11.6 Å². The number of nitrogens with zero attached hydrogens (tertiary/aromatic N) is 1. The Bertz CT molecular complexity index is 786. The minimum Gasteiger partial charge on any atom is -0.484 e. The predicted octanol–water partition coefficient (Wildman–Crippen LogP) is 3.60. The zero-order valence-corrected chi connectivity index (χ0v) is 14.1. The van der Waals surface area contributed by atoms with Crippen LogP contribution in [0.4, 0.5) is 4.39 Å². The maximum absolute atomic E-state index is 13.9. The van der Waals surface area contributed by atoms with Crippen LogP contribution in [-0.4, -0.2) is 29.2 Å². The molecule has 0 N–H and O–H groups in total. The SMILES string of the molecule is CC(=O)c1cccc(OCC(=O)N(Cc2ccccc2F)C2CC2)c1. The van der Waals surface area contributed by atoms with Gasteiger partial charge in [-0.05, 0) is 38.0 Å². The first-order chi connectivity index (χ1) is 12.0. The van der Waals surface area contributed by atoms with Crippen molar-refractivity contribution in [1.82, 2.24) is 4.90 Å². The van der Waals surface area contributed by atoms with Crippen molar-refractivity contribution in [3.05, 3.63) is 65.5 Å². The second-order valence-corrected chi connectivity index (χ2v) is 6.22. The van der Waals surface area contributed by atoms with Gasteiger partial charge in [0.25, 0.3) is 5.91 Å². The Kier molecular flexibility index (Phi) is 5.12. The molecule has 1 fully saturated rings. The molecule has 0 saturated heterocycles. The summed E-state index contributed by atoms with van der Waals surface area (Å²) in [6, 6.07) is 13.4. The quantitative estimate of drug-likeness (QED) is 0.723. The van der Waals surface area contributed by atoms with E-state index in [9.17, 15) is 14.0 Å². The largest absolute Gasteiger partial charge is 0.484 e. The Labute approximate surface area is 146 Å². The van der Waals surface area contributed by atoms with E-state index in [1.165, 1.54) is 13.0 Å². The van der Waals surface area contributed by atoms with Crippen molar-refractivity contribution >= 4 is 11.7 Å². The third kappa shape index (κ3) is 4.44. The highest BCUT2D eigenvalue weighted by Gasteiger charge is 2.33. The first-order valence-electron chi connectivity index (χ1n) is 8.31. The van der Waals surface area contributed by atoms with E-state index in [0.717, 1.165) is 12.8 Å². The van der Waals surface area contributed by atoms with Crippen molar-refractivity contribution in [2.45, 2.75) is 32.4 Å². The fourth-order valence-corrected chi connectivity index (χ4v) is 2.65. The number of ketones is 1. The summed E-state index contributed by atoms with van der Waals surface area (Å²) < 4.78 is 19.4. The monoisotopic (exact) mass is 341 g/mol. The molecule has 0 spiro atoms. The Morgan fingerprint density at radius 3 is 2.60 bits per heavy atom. The third-order valence-corrected chi connectivity index (χ3v) is 4.21. The average Bonchev–Trinajstić information content (AvgIpc) is 3.44. The molecule has 5 heteroatoms. The number of carbonyl (C=O) groups excluding carboxylic acids is 2. The molecule has 1 aliphatic rings. The first-order valence-corrected chi connectivity index (χ1v) is 8.31. The Morgan fingerprint density at radius 2 is 1.92 bits per heavy atom. The molecule has 0 radical (unpaired) electrons. The van der Waals surface area contributed by atoms with Crippen molar-refractivity contribution in [2.24, 2.45) is 0 Å². The van der Waals surface area contributed by atoms with Crippen LogP contribution in [0.3, 0.4) is 0 Å². The molecule has 0 unspecified atom stereocenters. The molecule has 130 valence electrons. The molecule has 3 rings (SSSR count). The molecular formula is C20H20FNO3. The number of ether oxygens (including phenoxy) is 1. The summed E-state index contributed by atoms with van der Waals surface area (Å²) >= 11 is 0. The van der Waals surface area contributed by atoms with Gasteiger partial charge in [-0.2, -0.15) is 0 Å². The molecule has 1 saturated carbocycles. The molecule has 4 nitrogen and oxygen atoms in total. The Hall–Kier alpha value is -2.69. The van der Waals surface area contributed by atoms with Gasteiger partial charge in [0.2, 0.25) is 0 Å². The van der Waals surface area contributed by atoms with Crippen LogP contribution in [0.2, 0.25) is 0 Å². The molecule has 0 atom stereocenters. The lowest BCUT2D eigenvalue weighted by atomic mass is 10.1. The van der Waals surface area contributed by atoms with Gasteiger partial charge in [0.15, 0.2) is 12.4 Å². The van der Waals surface area contributed by atoms with Crippen molar-refractivity contribution < 1.29 is 18.7 Å². The highest BCUT2D eigenvalue weighted by atomic mass is 19.1. The van der Waals surface area contributed by atoms with Gasteiger partial charge in [-0.25, -0.2) is 4.39 Å². The maximum Gasteiger partial charge on any atom is 0.261 e. The molecule has 0 heterocycles. The lowest BCUT2D eigenvalue weighted by molar-refractivity contribution is -0.134. The van der Waals surface area contributed by atoms with Crippen molar-refractivity contribution in [3.8, 4) is 5.75 Å². The number of hydrogen-bond donors (Lipinski definition) is 0. The fraction of sp³-hybridized carbons (Fsp3) is 0.300. The van der Waals surface area contributed by atoms with Crippen LogP contribution < -0.4 is 4.74 Å². The number of Topliss-reactive ketones (excluding diaryl/α,β-unsaturated/α-hetero) is 1. The van der Waals surface area contributed by atoms with Crippen LogP contribution in [0.15, 0.2) is 48.5 Å². The standard InChI is InChI=1S/C20H20FNO3/c1-14(23)15-6-4-7-18(11-15)25-13-20(24)22(17-9-10-17)12-16-5-2-3-8-19(16)21/h2-8,11,17H,9-10,12-13H2,1H3. The van der Waals surface area contributed by atoms with E-state index in [4.69, 9.17) is 4.74 Å². The normalized spacial score (nSPS) is 13.4. The second kappa shape index (κ2) is 7.47. The number of amides is 1. The average molecular weight is 341 g/mol. The van der Waals surface area contributed by atoms with Gasteiger partial charge in [0.05, 0.1) is 0 Å². The molecule has 2 aromatic rings. The summed E-state index contributed by atoms with van der Waals surface area (Å²) in [5.74, 6) is -0.0753. The van der Waals surface area contributed by atoms with E-state index in [0.29, 0.717) is 16.9 Å². The van der Waals surface area contributed by atoms with Gasteiger partial charge in [0, 0.05) is 23.7 Å². The minimum absolute atomic E-state index is 0.0593. The number of halogens is 1. The highest BCUT2D eigenvalue weighted by Crippen LogP contribution is 2.29. The summed E-state index contributed by atoms with van der Waals surface area (Å²) in [4.78, 5) is 25.6. The van der Waals surface area contributed by atoms with E-state index in [-0.39, 0.29) is 36.7 Å². The Balaban J connectivity index is 1.65. The molecule has 25 heavy (non-hydrogen) atoms. The van der Waals surface area contributed by atoms with E-state index in [2.05, 4.69) is 0 Å². The molecule has 2 aromatic carbocycles. The molecule has 1 amide bonds. The van der Waals surface area contributed by atoms with E-state index >= 15 is 0 Å². The zero-order chi connectivity index (χ0) is 17.8. The molecular weight excluding hydrogens is 321 g/mol. The van der Waals surface area contributed by atoms with Crippen molar-refractivity contribution in [1.29, 1.82) is 0 Å². The number of carbonyl (C=O) groups is 2. The highest BCUT2D eigenvalue weighted by molar-refractivity contribution is 5.94. The summed E-state index contributed by atoms with van der Waals surface area (Å²) in [7, 11) is 0. The van der Waals surface area contributed by atoms with E-state index in [1.54, 1.807) is 47.4 Å². The molecule has 0 bridgehead atoms. The number of hydrogen-bond acceptors (Lipinski definition) is 3. The summed E-state index contributed by atoms with van der Waals surface area (Å²) in [6.07, 6.45) is 1.86. The maximum atomic E-state index is 13.9. The van der Waals surface area contributed by atoms with Gasteiger partial charge in [-0.15, -0.1) is 0 Å². The lowest BCUT2D eigenvalue weighted by Gasteiger charge is -2.23. The smallest absolute Gasteiger partial charge is 0.261 e. The lowest BCUT2D eigenvalue weighted by Crippen LogP contribution is -2.36. The van der Waals surface area contributed by atoms with Crippen LogP contribution in [0.5, 0.6) is 5.75 Å². The number of benzene rings is 2. The predicted molar refractivity (Wildman–Crippen MR) is 91.9 cm³/mol. The summed E-state index contributed by atoms with van der Waals surface area (Å²) in [6.45, 7) is 1.59. The van der Waals surface area contributed by atoms with Crippen LogP contribution in [0.1, 0.15) is 35.7 Å². The molecule has 0 aromatic heterocycles. The topological polar surface area (TPSA) is 46.6 Å². The van der Waals surface area contributed by atoms with Gasteiger partial charge in [-0.1, -0.05) is 30.3 Å². The van der Waals surface area contributed by atoms with E-state index in [1.807, 2.05) is 0 Å². The molecule has 1 aliphatic carbocycles. The van der Waals surface area contributed by atoms with Crippen LogP contribution in [-0.2, 0) is 11.3 Å². The van der Waals surface area contributed by atoms with Crippen LogP contribution in [0.25, 0.3) is 0 Å². The van der Waals surface area contributed by atoms with E-state index < -0.39 is 0 Å². The van der Waals surface area contributed by atoms with Crippen molar-refractivity contribution in [2.75, 3.05) is 6.61 Å². The van der Waals surface area contributed by atoms with Gasteiger partial charge in [-0.3, -0.25) is 9.59 Å². The number of rotatable bonds is 7. The van der Waals surface area contributed by atoms with Crippen molar-refractivity contribution in [3.63, 3.8) is 0 Å². The van der Waals surface area contributed by atoms with Crippen LogP contribution in [0, 0.1) is 5.82 Å². The van der Waals surface area contributed by atoms with Crippen LogP contribution >= 0.6 is 0 Å². The van der Waals surface area contributed by atoms with Gasteiger partial charge < -0.3 is 9.64 Å². The van der Waals surface area contributed by atoms with Gasteiger partial charge >= 0.3 is 0 Å². The molecule has 0 aliphatic heterocycles. The first kappa shape index (κ1) is 17.1. The Morgan fingerprint density at radius 1 is 1.16 bits per heavy atom. The second-order valence-electron chi connectivity index (χ2n) is 6.22. The third-order valence-electron chi connectivity index (χ3n) is 4.21. The summed E-state index contributed by atoms with van der Waals surface area (Å²) in [5.41, 5.74) is 1.04. The minimum atomic E-state index is -0.309.